The first-order chi connectivity index (χ1) is 16.0. The number of ether oxygens (including phenoxy) is 3. The van der Waals surface area contributed by atoms with Crippen LogP contribution < -0.4 is 15.0 Å². The highest BCUT2D eigenvalue weighted by Crippen LogP contribution is 2.39. The molecule has 8 nitrogen and oxygen atoms in total. The number of pyridine rings is 1. The molecule has 0 aliphatic carbocycles. The van der Waals surface area contributed by atoms with Gasteiger partial charge in [-0.15, -0.1) is 0 Å². The van der Waals surface area contributed by atoms with Crippen molar-refractivity contribution in [1.82, 2.24) is 14.5 Å². The smallest absolute Gasteiger partial charge is 0.274 e. The zero-order valence-corrected chi connectivity index (χ0v) is 19.7. The number of benzene rings is 1. The highest BCUT2D eigenvalue weighted by Gasteiger charge is 2.25. The average Bonchev–Trinajstić information content (AvgIpc) is 3.25. The van der Waals surface area contributed by atoms with E-state index in [-0.39, 0.29) is 11.5 Å². The van der Waals surface area contributed by atoms with Gasteiger partial charge in [-0.3, -0.25) is 9.59 Å². The second kappa shape index (κ2) is 9.70. The van der Waals surface area contributed by atoms with E-state index in [4.69, 9.17) is 14.2 Å². The Morgan fingerprint density at radius 3 is 2.48 bits per heavy atom. The summed E-state index contributed by atoms with van der Waals surface area (Å²) >= 11 is 0. The van der Waals surface area contributed by atoms with E-state index < -0.39 is 0 Å². The highest BCUT2D eigenvalue weighted by atomic mass is 16.5. The van der Waals surface area contributed by atoms with Crippen LogP contribution in [0.2, 0.25) is 0 Å². The Morgan fingerprint density at radius 1 is 1.09 bits per heavy atom. The SMILES string of the molecule is CCCCn1cc(-c2cc(OC)c(C(=O)N3CCOCC3)cc2OC)c2cc(C)[nH]c2c1=O. The molecule has 0 unspecified atom stereocenters. The van der Waals surface area contributed by atoms with E-state index in [1.54, 1.807) is 29.8 Å². The standard InChI is InChI=1S/C25H31N3O5/c1-5-6-7-28-15-20(18-12-16(2)26-23(18)25(28)30)17-13-22(32-4)19(14-21(17)31-3)24(29)27-8-10-33-11-9-27/h12-15,26H,5-11H2,1-4H3. The van der Waals surface area contributed by atoms with Crippen LogP contribution in [-0.2, 0) is 11.3 Å². The van der Waals surface area contributed by atoms with Gasteiger partial charge in [-0.05, 0) is 31.5 Å². The maximum Gasteiger partial charge on any atom is 0.274 e. The van der Waals surface area contributed by atoms with Crippen molar-refractivity contribution in [2.75, 3.05) is 40.5 Å². The summed E-state index contributed by atoms with van der Waals surface area (Å²) in [5.41, 5.74) is 3.49. The summed E-state index contributed by atoms with van der Waals surface area (Å²) in [6.07, 6.45) is 3.77. The first kappa shape index (κ1) is 22.9. The van der Waals surface area contributed by atoms with Gasteiger partial charge in [0.2, 0.25) is 0 Å². The molecular formula is C25H31N3O5. The van der Waals surface area contributed by atoms with Crippen molar-refractivity contribution in [3.05, 3.63) is 46.0 Å². The number of unbranched alkanes of at least 4 members (excludes halogenated alkanes) is 1. The van der Waals surface area contributed by atoms with Crippen molar-refractivity contribution in [3.63, 3.8) is 0 Å². The molecule has 1 aliphatic heterocycles. The molecule has 33 heavy (non-hydrogen) atoms. The minimum Gasteiger partial charge on any atom is -0.496 e. The number of hydrogen-bond acceptors (Lipinski definition) is 5. The lowest BCUT2D eigenvalue weighted by Crippen LogP contribution is -2.40. The topological polar surface area (TPSA) is 85.8 Å². The molecule has 0 atom stereocenters. The lowest BCUT2D eigenvalue weighted by atomic mass is 9.99. The Hall–Kier alpha value is -3.26. The first-order valence-corrected chi connectivity index (χ1v) is 11.3. The van der Waals surface area contributed by atoms with E-state index in [1.807, 2.05) is 25.3 Å². The maximum atomic E-state index is 13.2. The van der Waals surface area contributed by atoms with E-state index in [1.165, 1.54) is 0 Å². The number of H-pyrrole nitrogens is 1. The number of nitrogens with zero attached hydrogens (tertiary/aromatic N) is 2. The average molecular weight is 454 g/mol. The molecule has 1 N–H and O–H groups in total. The minimum absolute atomic E-state index is 0.0413. The Labute approximate surface area is 193 Å². The number of aromatic nitrogens is 2. The Morgan fingerprint density at radius 2 is 1.82 bits per heavy atom. The van der Waals surface area contributed by atoms with Crippen LogP contribution in [-0.4, -0.2) is 60.9 Å². The fraction of sp³-hybridized carbons (Fsp3) is 0.440. The number of methoxy groups -OCH3 is 2. The van der Waals surface area contributed by atoms with Crippen molar-refractivity contribution in [3.8, 4) is 22.6 Å². The van der Waals surface area contributed by atoms with Crippen LogP contribution in [0.15, 0.2) is 29.2 Å². The van der Waals surface area contributed by atoms with Crippen LogP contribution in [0.4, 0.5) is 0 Å². The van der Waals surface area contributed by atoms with E-state index in [0.29, 0.717) is 55.4 Å². The molecule has 8 heteroatoms. The summed E-state index contributed by atoms with van der Waals surface area (Å²) in [6.45, 7) is 6.78. The number of morpholine rings is 1. The van der Waals surface area contributed by atoms with E-state index in [2.05, 4.69) is 11.9 Å². The third kappa shape index (κ3) is 4.35. The lowest BCUT2D eigenvalue weighted by molar-refractivity contribution is 0.0300. The second-order valence-corrected chi connectivity index (χ2v) is 8.29. The molecule has 2 aromatic heterocycles. The third-order valence-corrected chi connectivity index (χ3v) is 6.10. The fourth-order valence-electron chi connectivity index (χ4n) is 4.32. The number of fused-ring (bicyclic) bond motifs is 1. The summed E-state index contributed by atoms with van der Waals surface area (Å²) in [5, 5.41) is 0.817. The Bertz CT molecular complexity index is 1220. The molecule has 0 saturated carbocycles. The molecule has 0 bridgehead atoms. The summed E-state index contributed by atoms with van der Waals surface area (Å²) in [6, 6.07) is 5.53. The van der Waals surface area contributed by atoms with E-state index in [0.717, 1.165) is 35.0 Å². The summed E-state index contributed by atoms with van der Waals surface area (Å²) in [5.74, 6) is 0.901. The van der Waals surface area contributed by atoms with Crippen LogP contribution in [0, 0.1) is 6.92 Å². The molecule has 176 valence electrons. The predicted octanol–water partition coefficient (Wildman–Crippen LogP) is 3.59. The van der Waals surface area contributed by atoms with Gasteiger partial charge >= 0.3 is 0 Å². The molecule has 1 fully saturated rings. The van der Waals surface area contributed by atoms with Crippen LogP contribution in [0.3, 0.4) is 0 Å². The van der Waals surface area contributed by atoms with Gasteiger partial charge in [0, 0.05) is 48.0 Å². The van der Waals surface area contributed by atoms with E-state index in [9.17, 15) is 9.59 Å². The molecule has 3 heterocycles. The lowest BCUT2D eigenvalue weighted by Gasteiger charge is -2.27. The normalized spacial score (nSPS) is 14.0. The largest absolute Gasteiger partial charge is 0.496 e. The molecule has 1 amide bonds. The summed E-state index contributed by atoms with van der Waals surface area (Å²) in [7, 11) is 3.14. The minimum atomic E-state index is -0.115. The predicted molar refractivity (Wildman–Crippen MR) is 127 cm³/mol. The fourth-order valence-corrected chi connectivity index (χ4v) is 4.32. The third-order valence-electron chi connectivity index (χ3n) is 6.10. The number of hydrogen-bond donors (Lipinski definition) is 1. The number of aromatic amines is 1. The van der Waals surface area contributed by atoms with Crippen molar-refractivity contribution in [2.24, 2.45) is 0 Å². The Kier molecular flexibility index (Phi) is 6.74. The first-order valence-electron chi connectivity index (χ1n) is 11.3. The van der Waals surface area contributed by atoms with Gasteiger partial charge in [-0.2, -0.15) is 0 Å². The zero-order valence-electron chi connectivity index (χ0n) is 19.7. The number of carbonyl (C=O) groups is 1. The van der Waals surface area contributed by atoms with Gasteiger partial charge in [-0.1, -0.05) is 13.3 Å². The van der Waals surface area contributed by atoms with Crippen LogP contribution in [0.5, 0.6) is 11.5 Å². The van der Waals surface area contributed by atoms with Gasteiger partial charge < -0.3 is 28.7 Å². The molecule has 0 spiro atoms. The number of aryl methyl sites for hydroxylation is 2. The highest BCUT2D eigenvalue weighted by molar-refractivity contribution is 6.01. The second-order valence-electron chi connectivity index (χ2n) is 8.29. The molecule has 1 saturated heterocycles. The van der Waals surface area contributed by atoms with Gasteiger partial charge in [0.1, 0.15) is 17.0 Å². The van der Waals surface area contributed by atoms with Crippen LogP contribution in [0.1, 0.15) is 35.8 Å². The maximum absolute atomic E-state index is 13.2. The molecule has 3 aromatic rings. The number of amides is 1. The van der Waals surface area contributed by atoms with Gasteiger partial charge in [0.25, 0.3) is 11.5 Å². The summed E-state index contributed by atoms with van der Waals surface area (Å²) < 4.78 is 18.5. The number of rotatable bonds is 7. The van der Waals surface area contributed by atoms with Crippen molar-refractivity contribution in [1.29, 1.82) is 0 Å². The van der Waals surface area contributed by atoms with Crippen molar-refractivity contribution < 1.29 is 19.0 Å². The molecule has 1 aromatic carbocycles. The molecule has 0 radical (unpaired) electrons. The van der Waals surface area contributed by atoms with Gasteiger partial charge in [-0.25, -0.2) is 0 Å². The van der Waals surface area contributed by atoms with E-state index >= 15 is 0 Å². The summed E-state index contributed by atoms with van der Waals surface area (Å²) in [4.78, 5) is 31.2. The van der Waals surface area contributed by atoms with Crippen LogP contribution >= 0.6 is 0 Å². The molecule has 1 aliphatic rings. The van der Waals surface area contributed by atoms with Crippen molar-refractivity contribution in [2.45, 2.75) is 33.2 Å². The Balaban J connectivity index is 1.89. The zero-order chi connectivity index (χ0) is 23.5. The van der Waals surface area contributed by atoms with Gasteiger partial charge in [0.05, 0.1) is 33.0 Å². The van der Waals surface area contributed by atoms with Crippen LogP contribution in [0.25, 0.3) is 22.0 Å². The number of nitrogens with one attached hydrogen (secondary N) is 1. The monoisotopic (exact) mass is 453 g/mol. The molecule has 4 rings (SSSR count). The quantitative estimate of drug-likeness (QED) is 0.591. The molecular weight excluding hydrogens is 422 g/mol. The van der Waals surface area contributed by atoms with Gasteiger partial charge in [0.15, 0.2) is 0 Å². The number of carbonyl (C=O) groups excluding carboxylic acids is 1. The van der Waals surface area contributed by atoms with Crippen molar-refractivity contribution >= 4 is 16.8 Å².